The number of pyridine rings is 1. The lowest BCUT2D eigenvalue weighted by molar-refractivity contribution is -0.137. The first-order valence-electron chi connectivity index (χ1n) is 6.42. The molecule has 0 amide bonds. The minimum Gasteiger partial charge on any atom is -0.355 e. The summed E-state index contributed by atoms with van der Waals surface area (Å²) in [7, 11) is 0. The van der Waals surface area contributed by atoms with Gasteiger partial charge in [0, 0.05) is 27.4 Å². The maximum atomic E-state index is 12.8. The zero-order valence-corrected chi connectivity index (χ0v) is 12.7. The van der Waals surface area contributed by atoms with E-state index in [9.17, 15) is 13.2 Å². The van der Waals surface area contributed by atoms with E-state index in [1.165, 1.54) is 6.07 Å². The molecule has 1 aromatic heterocycles. The van der Waals surface area contributed by atoms with E-state index < -0.39 is 11.7 Å². The van der Waals surface area contributed by atoms with Crippen molar-refractivity contribution in [3.63, 3.8) is 0 Å². The van der Waals surface area contributed by atoms with Crippen molar-refractivity contribution in [1.29, 1.82) is 0 Å². The molecule has 6 heteroatoms. The average molecular weight is 367 g/mol. The molecule has 3 aromatic rings. The van der Waals surface area contributed by atoms with Crippen LogP contribution in [0.1, 0.15) is 5.56 Å². The van der Waals surface area contributed by atoms with Gasteiger partial charge in [-0.25, -0.2) is 0 Å². The van der Waals surface area contributed by atoms with Gasteiger partial charge < -0.3 is 5.32 Å². The molecule has 22 heavy (non-hydrogen) atoms. The largest absolute Gasteiger partial charge is 0.416 e. The van der Waals surface area contributed by atoms with Crippen LogP contribution in [-0.4, -0.2) is 4.98 Å². The quantitative estimate of drug-likeness (QED) is 0.623. The van der Waals surface area contributed by atoms with Gasteiger partial charge in [-0.15, -0.1) is 0 Å². The molecule has 0 bridgehead atoms. The second-order valence-electron chi connectivity index (χ2n) is 4.72. The number of fused-ring (bicyclic) bond motifs is 1. The molecule has 112 valence electrons. The Bertz CT molecular complexity index is 831. The van der Waals surface area contributed by atoms with Crippen molar-refractivity contribution >= 4 is 38.2 Å². The molecule has 1 N–H and O–H groups in total. The van der Waals surface area contributed by atoms with Crippen molar-refractivity contribution in [3.8, 4) is 0 Å². The van der Waals surface area contributed by atoms with E-state index in [0.29, 0.717) is 11.4 Å². The summed E-state index contributed by atoms with van der Waals surface area (Å²) in [5.74, 6) is 0. The summed E-state index contributed by atoms with van der Waals surface area (Å²) >= 11 is 3.37. The molecule has 0 aliphatic carbocycles. The molecule has 1 heterocycles. The van der Waals surface area contributed by atoms with Crippen molar-refractivity contribution in [2.45, 2.75) is 6.18 Å². The molecule has 0 radical (unpaired) electrons. The highest BCUT2D eigenvalue weighted by molar-refractivity contribution is 9.10. The molecule has 0 aliphatic heterocycles. The Morgan fingerprint density at radius 2 is 1.82 bits per heavy atom. The standard InChI is InChI=1S/C16H10BrF3N2/c17-11-4-5-13-14(6-7-21-15(13)9-11)22-12-3-1-2-10(8-12)16(18,19)20/h1-9H,(H,21,22). The average Bonchev–Trinajstić information content (AvgIpc) is 2.46. The first kappa shape index (κ1) is 14.8. The van der Waals surface area contributed by atoms with Gasteiger partial charge in [-0.1, -0.05) is 22.0 Å². The third kappa shape index (κ3) is 3.06. The Morgan fingerprint density at radius 3 is 2.59 bits per heavy atom. The van der Waals surface area contributed by atoms with Crippen LogP contribution in [0.2, 0.25) is 0 Å². The van der Waals surface area contributed by atoms with E-state index in [4.69, 9.17) is 0 Å². The van der Waals surface area contributed by atoms with Crippen LogP contribution in [0.3, 0.4) is 0 Å². The Balaban J connectivity index is 2.00. The van der Waals surface area contributed by atoms with Crippen molar-refractivity contribution in [2.75, 3.05) is 5.32 Å². The molecule has 0 aliphatic rings. The number of nitrogens with one attached hydrogen (secondary N) is 1. The number of hydrogen-bond acceptors (Lipinski definition) is 2. The monoisotopic (exact) mass is 366 g/mol. The van der Waals surface area contributed by atoms with Crippen molar-refractivity contribution in [3.05, 3.63) is 64.8 Å². The van der Waals surface area contributed by atoms with Gasteiger partial charge in [0.25, 0.3) is 0 Å². The predicted molar refractivity (Wildman–Crippen MR) is 84.2 cm³/mol. The fourth-order valence-corrected chi connectivity index (χ4v) is 2.51. The van der Waals surface area contributed by atoms with Crippen LogP contribution < -0.4 is 5.32 Å². The zero-order valence-electron chi connectivity index (χ0n) is 11.2. The van der Waals surface area contributed by atoms with Gasteiger partial charge in [0.1, 0.15) is 0 Å². The molecular formula is C16H10BrF3N2. The van der Waals surface area contributed by atoms with E-state index in [1.54, 1.807) is 18.3 Å². The first-order chi connectivity index (χ1) is 10.4. The van der Waals surface area contributed by atoms with Gasteiger partial charge in [-0.3, -0.25) is 4.98 Å². The molecule has 0 saturated carbocycles. The Hall–Kier alpha value is -2.08. The lowest BCUT2D eigenvalue weighted by Gasteiger charge is -2.12. The van der Waals surface area contributed by atoms with Crippen molar-refractivity contribution in [2.24, 2.45) is 0 Å². The Morgan fingerprint density at radius 1 is 1.00 bits per heavy atom. The van der Waals surface area contributed by atoms with E-state index in [0.717, 1.165) is 27.5 Å². The molecule has 2 aromatic carbocycles. The van der Waals surface area contributed by atoms with E-state index >= 15 is 0 Å². The SMILES string of the molecule is FC(F)(F)c1cccc(Nc2ccnc3cc(Br)ccc23)c1. The zero-order chi connectivity index (χ0) is 15.7. The van der Waals surface area contributed by atoms with Crippen LogP contribution in [0.4, 0.5) is 24.5 Å². The van der Waals surface area contributed by atoms with Gasteiger partial charge in [0.05, 0.1) is 11.1 Å². The maximum absolute atomic E-state index is 12.8. The van der Waals surface area contributed by atoms with Gasteiger partial charge >= 0.3 is 6.18 Å². The second kappa shape index (κ2) is 5.61. The van der Waals surface area contributed by atoms with E-state index in [2.05, 4.69) is 26.2 Å². The number of halogens is 4. The van der Waals surface area contributed by atoms with Crippen LogP contribution >= 0.6 is 15.9 Å². The first-order valence-corrected chi connectivity index (χ1v) is 7.21. The Kier molecular flexibility index (Phi) is 3.78. The van der Waals surface area contributed by atoms with Crippen LogP contribution in [0, 0.1) is 0 Å². The number of hydrogen-bond donors (Lipinski definition) is 1. The summed E-state index contributed by atoms with van der Waals surface area (Å²) in [5, 5.41) is 3.86. The molecule has 2 nitrogen and oxygen atoms in total. The minimum absolute atomic E-state index is 0.380. The third-order valence-electron chi connectivity index (χ3n) is 3.17. The molecule has 3 rings (SSSR count). The van der Waals surface area contributed by atoms with Gasteiger partial charge in [0.2, 0.25) is 0 Å². The summed E-state index contributed by atoms with van der Waals surface area (Å²) in [6.07, 6.45) is -2.74. The Labute approximate surface area is 133 Å². The summed E-state index contributed by atoms with van der Waals surface area (Å²) in [4.78, 5) is 4.25. The molecule has 0 saturated heterocycles. The number of benzene rings is 2. The number of alkyl halides is 3. The molecular weight excluding hydrogens is 357 g/mol. The second-order valence-corrected chi connectivity index (χ2v) is 5.64. The predicted octanol–water partition coefficient (Wildman–Crippen LogP) is 5.76. The fourth-order valence-electron chi connectivity index (χ4n) is 2.16. The van der Waals surface area contributed by atoms with Gasteiger partial charge in [0.15, 0.2) is 0 Å². The molecule has 0 fully saturated rings. The van der Waals surface area contributed by atoms with Crippen molar-refractivity contribution < 1.29 is 13.2 Å². The topological polar surface area (TPSA) is 24.9 Å². The van der Waals surface area contributed by atoms with Crippen molar-refractivity contribution in [1.82, 2.24) is 4.98 Å². The van der Waals surface area contributed by atoms with Crippen LogP contribution in [0.5, 0.6) is 0 Å². The highest BCUT2D eigenvalue weighted by atomic mass is 79.9. The summed E-state index contributed by atoms with van der Waals surface area (Å²) in [5.41, 5.74) is 1.16. The van der Waals surface area contributed by atoms with Crippen LogP contribution in [0.25, 0.3) is 10.9 Å². The van der Waals surface area contributed by atoms with Crippen LogP contribution in [0.15, 0.2) is 59.2 Å². The lowest BCUT2D eigenvalue weighted by Crippen LogP contribution is -2.05. The minimum atomic E-state index is -4.36. The number of nitrogens with zero attached hydrogens (tertiary/aromatic N) is 1. The van der Waals surface area contributed by atoms with E-state index in [-0.39, 0.29) is 0 Å². The van der Waals surface area contributed by atoms with E-state index in [1.807, 2.05) is 18.2 Å². The summed E-state index contributed by atoms with van der Waals surface area (Å²) in [6, 6.07) is 12.4. The molecule has 0 atom stereocenters. The smallest absolute Gasteiger partial charge is 0.355 e. The number of aromatic nitrogens is 1. The normalized spacial score (nSPS) is 11.6. The summed E-state index contributed by atoms with van der Waals surface area (Å²) in [6.45, 7) is 0. The third-order valence-corrected chi connectivity index (χ3v) is 3.67. The molecule has 0 spiro atoms. The highest BCUT2D eigenvalue weighted by Crippen LogP contribution is 2.32. The van der Waals surface area contributed by atoms with Gasteiger partial charge in [-0.05, 0) is 42.5 Å². The lowest BCUT2D eigenvalue weighted by atomic mass is 10.1. The maximum Gasteiger partial charge on any atom is 0.416 e. The number of anilines is 2. The fraction of sp³-hybridized carbons (Fsp3) is 0.0625. The highest BCUT2D eigenvalue weighted by Gasteiger charge is 2.30. The van der Waals surface area contributed by atoms with Gasteiger partial charge in [-0.2, -0.15) is 13.2 Å². The molecule has 0 unspecified atom stereocenters. The summed E-state index contributed by atoms with van der Waals surface area (Å²) < 4.78 is 39.2. The number of rotatable bonds is 2. The van der Waals surface area contributed by atoms with Crippen LogP contribution in [-0.2, 0) is 6.18 Å².